The van der Waals surface area contributed by atoms with Gasteiger partial charge in [-0.05, 0) is 31.5 Å². The van der Waals surface area contributed by atoms with Gasteiger partial charge in [-0.3, -0.25) is 4.79 Å². The van der Waals surface area contributed by atoms with Gasteiger partial charge in [-0.25, -0.2) is 13.9 Å². The predicted molar refractivity (Wildman–Crippen MR) is 107 cm³/mol. The van der Waals surface area contributed by atoms with E-state index in [4.69, 9.17) is 0 Å². The molecule has 0 atom stereocenters. The van der Waals surface area contributed by atoms with Crippen LogP contribution in [0.15, 0.2) is 65.5 Å². The number of benzene rings is 2. The Bertz CT molecular complexity index is 1020. The Morgan fingerprint density at radius 2 is 1.82 bits per heavy atom. The number of halogens is 1. The van der Waals surface area contributed by atoms with Crippen LogP contribution < -0.4 is 16.2 Å². The molecular weight excluding hydrogens is 359 g/mol. The second-order valence-electron chi connectivity index (χ2n) is 6.36. The minimum Gasteiger partial charge on any atom is -0.338 e. The van der Waals surface area contributed by atoms with Gasteiger partial charge in [-0.15, -0.1) is 0 Å². The SMILES string of the molecule is Cc1ccc(-c2ccc(=O)n(CCCNC(=O)Nc3ccccc3F)n2)cc1. The molecule has 0 spiro atoms. The van der Waals surface area contributed by atoms with Crippen LogP contribution in [0, 0.1) is 12.7 Å². The highest BCUT2D eigenvalue weighted by molar-refractivity contribution is 5.89. The van der Waals surface area contributed by atoms with E-state index in [1.165, 1.54) is 22.9 Å². The van der Waals surface area contributed by atoms with Gasteiger partial charge in [-0.1, -0.05) is 42.0 Å². The summed E-state index contributed by atoms with van der Waals surface area (Å²) in [6.45, 7) is 2.69. The van der Waals surface area contributed by atoms with Crippen molar-refractivity contribution in [2.75, 3.05) is 11.9 Å². The van der Waals surface area contributed by atoms with Crippen LogP contribution in [0.25, 0.3) is 11.3 Å². The zero-order chi connectivity index (χ0) is 19.9. The molecular formula is C21H21FN4O2. The number of nitrogens with zero attached hydrogens (tertiary/aromatic N) is 2. The molecule has 0 aliphatic carbocycles. The third-order valence-corrected chi connectivity index (χ3v) is 4.17. The van der Waals surface area contributed by atoms with Gasteiger partial charge in [0.05, 0.1) is 11.4 Å². The summed E-state index contributed by atoms with van der Waals surface area (Å²) in [5.41, 5.74) is 2.71. The number of carbonyl (C=O) groups excluding carboxylic acids is 1. The van der Waals surface area contributed by atoms with Gasteiger partial charge in [-0.2, -0.15) is 5.10 Å². The highest BCUT2D eigenvalue weighted by Gasteiger charge is 2.06. The van der Waals surface area contributed by atoms with Crippen LogP contribution in [-0.2, 0) is 6.54 Å². The van der Waals surface area contributed by atoms with Gasteiger partial charge >= 0.3 is 6.03 Å². The van der Waals surface area contributed by atoms with Crippen LogP contribution in [0.4, 0.5) is 14.9 Å². The minimum absolute atomic E-state index is 0.115. The largest absolute Gasteiger partial charge is 0.338 e. The Balaban J connectivity index is 1.54. The van der Waals surface area contributed by atoms with Crippen molar-refractivity contribution in [3.63, 3.8) is 0 Å². The molecule has 28 heavy (non-hydrogen) atoms. The van der Waals surface area contributed by atoms with Crippen molar-refractivity contribution >= 4 is 11.7 Å². The average molecular weight is 380 g/mol. The average Bonchev–Trinajstić information content (AvgIpc) is 2.69. The maximum atomic E-state index is 13.5. The first-order valence-electron chi connectivity index (χ1n) is 8.97. The molecule has 2 N–H and O–H groups in total. The summed E-state index contributed by atoms with van der Waals surface area (Å²) in [6.07, 6.45) is 0.509. The highest BCUT2D eigenvalue weighted by Crippen LogP contribution is 2.16. The monoisotopic (exact) mass is 380 g/mol. The number of amides is 2. The fraction of sp³-hybridized carbons (Fsp3) is 0.190. The topological polar surface area (TPSA) is 76.0 Å². The van der Waals surface area contributed by atoms with Gasteiger partial charge in [0.1, 0.15) is 5.82 Å². The summed E-state index contributed by atoms with van der Waals surface area (Å²) in [6, 6.07) is 16.5. The number of carbonyl (C=O) groups is 1. The normalized spacial score (nSPS) is 10.5. The lowest BCUT2D eigenvalue weighted by atomic mass is 10.1. The van der Waals surface area contributed by atoms with Crippen molar-refractivity contribution in [1.29, 1.82) is 0 Å². The third-order valence-electron chi connectivity index (χ3n) is 4.17. The van der Waals surface area contributed by atoms with Gasteiger partial charge in [0, 0.05) is 24.7 Å². The summed E-state index contributed by atoms with van der Waals surface area (Å²) in [5.74, 6) is -0.499. The molecule has 2 aromatic carbocycles. The maximum Gasteiger partial charge on any atom is 0.319 e. The van der Waals surface area contributed by atoms with E-state index in [-0.39, 0.29) is 11.2 Å². The molecule has 0 saturated heterocycles. The standard InChI is InChI=1S/C21H21FN4O2/c1-15-7-9-16(10-8-15)18-11-12-20(27)26(25-18)14-4-13-23-21(28)24-19-6-3-2-5-17(19)22/h2-3,5-12H,4,13-14H2,1H3,(H2,23,24,28). The Morgan fingerprint density at radius 1 is 1.07 bits per heavy atom. The number of urea groups is 1. The molecule has 6 nitrogen and oxygen atoms in total. The number of aromatic nitrogens is 2. The quantitative estimate of drug-likeness (QED) is 0.642. The first-order valence-corrected chi connectivity index (χ1v) is 8.97. The third kappa shape index (κ3) is 5.03. The number of hydrogen-bond donors (Lipinski definition) is 2. The van der Waals surface area contributed by atoms with Gasteiger partial charge in [0.2, 0.25) is 0 Å². The molecule has 3 rings (SSSR count). The second kappa shape index (κ2) is 8.94. The van der Waals surface area contributed by atoms with E-state index in [0.29, 0.717) is 25.2 Å². The van der Waals surface area contributed by atoms with E-state index >= 15 is 0 Å². The number of anilines is 1. The van der Waals surface area contributed by atoms with Gasteiger partial charge in [0.15, 0.2) is 0 Å². The number of para-hydroxylation sites is 1. The van der Waals surface area contributed by atoms with E-state index in [2.05, 4.69) is 15.7 Å². The molecule has 0 unspecified atom stereocenters. The van der Waals surface area contributed by atoms with E-state index in [0.717, 1.165) is 11.1 Å². The summed E-state index contributed by atoms with van der Waals surface area (Å²) in [7, 11) is 0. The summed E-state index contributed by atoms with van der Waals surface area (Å²) < 4.78 is 14.9. The Hall–Kier alpha value is -3.48. The molecule has 0 fully saturated rings. The molecule has 0 aliphatic rings. The van der Waals surface area contributed by atoms with E-state index in [1.54, 1.807) is 18.2 Å². The van der Waals surface area contributed by atoms with Crippen molar-refractivity contribution in [2.45, 2.75) is 19.9 Å². The molecule has 2 amide bonds. The fourth-order valence-electron chi connectivity index (χ4n) is 2.65. The molecule has 144 valence electrons. The molecule has 1 aromatic heterocycles. The highest BCUT2D eigenvalue weighted by atomic mass is 19.1. The van der Waals surface area contributed by atoms with Crippen molar-refractivity contribution in [1.82, 2.24) is 15.1 Å². The van der Waals surface area contributed by atoms with Crippen molar-refractivity contribution < 1.29 is 9.18 Å². The molecule has 0 saturated carbocycles. The fourth-order valence-corrected chi connectivity index (χ4v) is 2.65. The Labute approximate surface area is 162 Å². The van der Waals surface area contributed by atoms with Crippen LogP contribution in [-0.4, -0.2) is 22.4 Å². The number of nitrogens with one attached hydrogen (secondary N) is 2. The van der Waals surface area contributed by atoms with E-state index in [9.17, 15) is 14.0 Å². The number of hydrogen-bond acceptors (Lipinski definition) is 3. The van der Waals surface area contributed by atoms with Crippen molar-refractivity contribution in [2.24, 2.45) is 0 Å². The lowest BCUT2D eigenvalue weighted by molar-refractivity contribution is 0.251. The smallest absolute Gasteiger partial charge is 0.319 e. The second-order valence-corrected chi connectivity index (χ2v) is 6.36. The number of rotatable bonds is 6. The van der Waals surface area contributed by atoms with Crippen molar-refractivity contribution in [3.05, 3.63) is 82.4 Å². The Kier molecular flexibility index (Phi) is 6.16. The molecule has 0 bridgehead atoms. The van der Waals surface area contributed by atoms with E-state index < -0.39 is 11.8 Å². The summed E-state index contributed by atoms with van der Waals surface area (Å²) >= 11 is 0. The lowest BCUT2D eigenvalue weighted by Crippen LogP contribution is -2.31. The van der Waals surface area contributed by atoms with E-state index in [1.807, 2.05) is 31.2 Å². The van der Waals surface area contributed by atoms with Crippen LogP contribution in [0.2, 0.25) is 0 Å². The van der Waals surface area contributed by atoms with Crippen LogP contribution >= 0.6 is 0 Å². The summed E-state index contributed by atoms with van der Waals surface area (Å²) in [5, 5.41) is 9.48. The molecule has 1 heterocycles. The zero-order valence-corrected chi connectivity index (χ0v) is 15.5. The van der Waals surface area contributed by atoms with Gasteiger partial charge < -0.3 is 10.6 Å². The van der Waals surface area contributed by atoms with Crippen LogP contribution in [0.5, 0.6) is 0 Å². The van der Waals surface area contributed by atoms with Crippen molar-refractivity contribution in [3.8, 4) is 11.3 Å². The first-order chi connectivity index (χ1) is 13.5. The lowest BCUT2D eigenvalue weighted by Gasteiger charge is -2.10. The molecule has 3 aromatic rings. The number of aryl methyl sites for hydroxylation is 2. The molecule has 0 aliphatic heterocycles. The molecule has 7 heteroatoms. The molecule has 0 radical (unpaired) electrons. The first kappa shape index (κ1) is 19.3. The van der Waals surface area contributed by atoms with Crippen LogP contribution in [0.3, 0.4) is 0 Å². The minimum atomic E-state index is -0.501. The Morgan fingerprint density at radius 3 is 2.57 bits per heavy atom. The zero-order valence-electron chi connectivity index (χ0n) is 15.5. The van der Waals surface area contributed by atoms with Crippen LogP contribution in [0.1, 0.15) is 12.0 Å². The predicted octanol–water partition coefficient (Wildman–Crippen LogP) is 3.57. The van der Waals surface area contributed by atoms with Gasteiger partial charge in [0.25, 0.3) is 5.56 Å². The summed E-state index contributed by atoms with van der Waals surface area (Å²) in [4.78, 5) is 23.9. The maximum absolute atomic E-state index is 13.5.